The Morgan fingerprint density at radius 3 is 2.74 bits per heavy atom. The lowest BCUT2D eigenvalue weighted by Crippen LogP contribution is -2.33. The summed E-state index contributed by atoms with van der Waals surface area (Å²) < 4.78 is 13.3. The summed E-state index contributed by atoms with van der Waals surface area (Å²) >= 11 is 0. The van der Waals surface area contributed by atoms with Gasteiger partial charge in [-0.1, -0.05) is 0 Å². The molecule has 1 saturated heterocycles. The molecule has 0 bridgehead atoms. The lowest BCUT2D eigenvalue weighted by molar-refractivity contribution is 0.213. The van der Waals surface area contributed by atoms with E-state index in [-0.39, 0.29) is 17.6 Å². The van der Waals surface area contributed by atoms with Gasteiger partial charge in [-0.2, -0.15) is 0 Å². The molecule has 0 saturated carbocycles. The van der Waals surface area contributed by atoms with E-state index in [1.807, 2.05) is 14.0 Å². The molecule has 2 rings (SSSR count). The second-order valence-corrected chi connectivity index (χ2v) is 5.41. The quantitative estimate of drug-likeness (QED) is 0.887. The molecular weight excluding hydrogens is 243 g/mol. The number of rotatable bonds is 5. The molecule has 106 valence electrons. The van der Waals surface area contributed by atoms with E-state index in [0.29, 0.717) is 5.56 Å². The molecule has 0 aliphatic carbocycles. The number of halogens is 1. The number of phenolic OH excluding ortho intramolecular Hbond substituents is 1. The van der Waals surface area contributed by atoms with Gasteiger partial charge < -0.3 is 10.0 Å². The number of likely N-dealkylation sites (tertiary alicyclic amines) is 1. The van der Waals surface area contributed by atoms with Gasteiger partial charge in [-0.25, -0.2) is 4.39 Å². The first-order valence-corrected chi connectivity index (χ1v) is 6.99. The highest BCUT2D eigenvalue weighted by Crippen LogP contribution is 2.28. The largest absolute Gasteiger partial charge is 0.508 e. The molecule has 1 fully saturated rings. The van der Waals surface area contributed by atoms with Crippen molar-refractivity contribution in [1.82, 2.24) is 9.80 Å². The van der Waals surface area contributed by atoms with Crippen LogP contribution in [0.5, 0.6) is 5.75 Å². The van der Waals surface area contributed by atoms with Crippen molar-refractivity contribution >= 4 is 0 Å². The minimum atomic E-state index is -0.299. The topological polar surface area (TPSA) is 26.7 Å². The number of hydrogen-bond acceptors (Lipinski definition) is 3. The lowest BCUT2D eigenvalue weighted by atomic mass is 10.1. The number of likely N-dealkylation sites (N-methyl/N-ethyl adjacent to an activating group) is 1. The third kappa shape index (κ3) is 3.67. The van der Waals surface area contributed by atoms with Crippen molar-refractivity contribution in [2.45, 2.75) is 25.8 Å². The van der Waals surface area contributed by atoms with Gasteiger partial charge in [-0.3, -0.25) is 4.90 Å². The van der Waals surface area contributed by atoms with Crippen LogP contribution in [0.3, 0.4) is 0 Å². The fourth-order valence-corrected chi connectivity index (χ4v) is 2.60. The summed E-state index contributed by atoms with van der Waals surface area (Å²) in [7, 11) is 2.02. The van der Waals surface area contributed by atoms with Crippen LogP contribution in [0.15, 0.2) is 18.2 Å². The third-order valence-electron chi connectivity index (χ3n) is 4.07. The molecule has 3 nitrogen and oxygen atoms in total. The molecule has 0 radical (unpaired) electrons. The Labute approximate surface area is 114 Å². The van der Waals surface area contributed by atoms with E-state index in [1.54, 1.807) is 0 Å². The Hall–Kier alpha value is -1.13. The summed E-state index contributed by atoms with van der Waals surface area (Å²) in [5.41, 5.74) is 0.656. The summed E-state index contributed by atoms with van der Waals surface area (Å²) in [4.78, 5) is 4.61. The average molecular weight is 266 g/mol. The molecule has 1 aromatic rings. The Balaban J connectivity index is 1.93. The van der Waals surface area contributed by atoms with E-state index >= 15 is 0 Å². The van der Waals surface area contributed by atoms with Crippen molar-refractivity contribution in [2.75, 3.05) is 33.2 Å². The zero-order chi connectivity index (χ0) is 13.8. The number of benzene rings is 1. The maximum absolute atomic E-state index is 13.3. The van der Waals surface area contributed by atoms with E-state index < -0.39 is 0 Å². The van der Waals surface area contributed by atoms with Gasteiger partial charge >= 0.3 is 0 Å². The maximum Gasteiger partial charge on any atom is 0.123 e. The smallest absolute Gasteiger partial charge is 0.123 e. The zero-order valence-electron chi connectivity index (χ0n) is 11.8. The Morgan fingerprint density at radius 2 is 2.05 bits per heavy atom. The maximum atomic E-state index is 13.3. The van der Waals surface area contributed by atoms with Gasteiger partial charge in [0.1, 0.15) is 11.6 Å². The minimum Gasteiger partial charge on any atom is -0.508 e. The first-order valence-electron chi connectivity index (χ1n) is 6.99. The van der Waals surface area contributed by atoms with Crippen LogP contribution in [0.1, 0.15) is 31.4 Å². The highest BCUT2D eigenvalue weighted by atomic mass is 19.1. The van der Waals surface area contributed by atoms with Crippen LogP contribution < -0.4 is 0 Å². The van der Waals surface area contributed by atoms with Crippen LogP contribution in [0.25, 0.3) is 0 Å². The second kappa shape index (κ2) is 6.35. The summed E-state index contributed by atoms with van der Waals surface area (Å²) in [5, 5.41) is 9.83. The second-order valence-electron chi connectivity index (χ2n) is 5.41. The van der Waals surface area contributed by atoms with Crippen LogP contribution in [0, 0.1) is 5.82 Å². The van der Waals surface area contributed by atoms with Crippen LogP contribution in [-0.2, 0) is 0 Å². The normalized spacial score (nSPS) is 18.1. The highest BCUT2D eigenvalue weighted by molar-refractivity contribution is 5.34. The van der Waals surface area contributed by atoms with Crippen LogP contribution >= 0.6 is 0 Å². The summed E-state index contributed by atoms with van der Waals surface area (Å²) in [6.45, 7) is 6.34. The number of hydrogen-bond donors (Lipinski definition) is 1. The van der Waals surface area contributed by atoms with Crippen molar-refractivity contribution in [3.05, 3.63) is 29.6 Å². The molecule has 0 aromatic heterocycles. The molecule has 1 aliphatic rings. The zero-order valence-corrected chi connectivity index (χ0v) is 11.8. The molecule has 19 heavy (non-hydrogen) atoms. The fourth-order valence-electron chi connectivity index (χ4n) is 2.60. The van der Waals surface area contributed by atoms with E-state index in [1.165, 1.54) is 44.1 Å². The standard InChI is InChI=1S/C15H23FN2O/c1-12(14-11-13(16)5-6-15(14)19)17(2)9-10-18-7-3-4-8-18/h5-6,11-12,19H,3-4,7-10H2,1-2H3. The van der Waals surface area contributed by atoms with Gasteiger partial charge in [0.25, 0.3) is 0 Å². The van der Waals surface area contributed by atoms with E-state index in [2.05, 4.69) is 9.80 Å². The number of aromatic hydroxyl groups is 1. The van der Waals surface area contributed by atoms with Crippen molar-refractivity contribution in [1.29, 1.82) is 0 Å². The fraction of sp³-hybridized carbons (Fsp3) is 0.600. The molecule has 1 aromatic carbocycles. The van der Waals surface area contributed by atoms with Gasteiger partial charge in [0.05, 0.1) is 0 Å². The Kier molecular flexibility index (Phi) is 4.77. The lowest BCUT2D eigenvalue weighted by Gasteiger charge is -2.27. The van der Waals surface area contributed by atoms with Gasteiger partial charge in [0, 0.05) is 24.7 Å². The predicted octanol–water partition coefficient (Wildman–Crippen LogP) is 2.62. The average Bonchev–Trinajstić information content (AvgIpc) is 2.91. The van der Waals surface area contributed by atoms with E-state index in [4.69, 9.17) is 0 Å². The third-order valence-corrected chi connectivity index (χ3v) is 4.07. The molecule has 1 unspecified atom stereocenters. The van der Waals surface area contributed by atoms with Crippen molar-refractivity contribution in [3.8, 4) is 5.75 Å². The number of nitrogens with zero attached hydrogens (tertiary/aromatic N) is 2. The van der Waals surface area contributed by atoms with Gasteiger partial charge in [-0.15, -0.1) is 0 Å². The molecule has 0 spiro atoms. The monoisotopic (exact) mass is 266 g/mol. The molecule has 1 aliphatic heterocycles. The van der Waals surface area contributed by atoms with Crippen LogP contribution in [-0.4, -0.2) is 48.1 Å². The predicted molar refractivity (Wildman–Crippen MR) is 74.8 cm³/mol. The Bertz CT molecular complexity index is 419. The van der Waals surface area contributed by atoms with Crippen molar-refractivity contribution < 1.29 is 9.50 Å². The van der Waals surface area contributed by atoms with Gasteiger partial charge in [0.15, 0.2) is 0 Å². The van der Waals surface area contributed by atoms with E-state index in [0.717, 1.165) is 13.1 Å². The SMILES string of the molecule is CC(c1cc(F)ccc1O)N(C)CCN1CCCC1. The summed E-state index contributed by atoms with van der Waals surface area (Å²) in [5.74, 6) is -0.130. The minimum absolute atomic E-state index is 0.0123. The van der Waals surface area contributed by atoms with Crippen molar-refractivity contribution in [3.63, 3.8) is 0 Å². The van der Waals surface area contributed by atoms with Crippen LogP contribution in [0.2, 0.25) is 0 Å². The van der Waals surface area contributed by atoms with Crippen molar-refractivity contribution in [2.24, 2.45) is 0 Å². The molecule has 1 heterocycles. The highest BCUT2D eigenvalue weighted by Gasteiger charge is 2.18. The van der Waals surface area contributed by atoms with Gasteiger partial charge in [-0.05, 0) is 58.1 Å². The Morgan fingerprint density at radius 1 is 1.37 bits per heavy atom. The summed E-state index contributed by atoms with van der Waals surface area (Å²) in [6.07, 6.45) is 2.59. The van der Waals surface area contributed by atoms with Crippen LogP contribution in [0.4, 0.5) is 4.39 Å². The first kappa shape index (κ1) is 14.3. The van der Waals surface area contributed by atoms with Gasteiger partial charge in [0.2, 0.25) is 0 Å². The number of phenols is 1. The molecule has 1 N–H and O–H groups in total. The summed E-state index contributed by atoms with van der Waals surface area (Å²) in [6, 6.07) is 4.15. The molecular formula is C15H23FN2O. The molecule has 0 amide bonds. The molecule has 1 atom stereocenters. The first-order chi connectivity index (χ1) is 9.08. The molecule has 4 heteroatoms. The van der Waals surface area contributed by atoms with E-state index in [9.17, 15) is 9.50 Å².